The second-order valence-corrected chi connectivity index (χ2v) is 24.1. The van der Waals surface area contributed by atoms with Crippen molar-refractivity contribution in [3.63, 3.8) is 0 Å². The predicted octanol–water partition coefficient (Wildman–Crippen LogP) is 24.3. The van der Waals surface area contributed by atoms with Crippen molar-refractivity contribution in [2.45, 2.75) is 399 Å². The Bertz CT molecular complexity index is 1320. The Morgan fingerprint density at radius 1 is 0.253 bits per heavy atom. The molecular weight excluding hydrogens is 973 g/mol. The molecule has 0 bridgehead atoms. The molecule has 0 N–H and O–H groups in total. The Hall–Kier alpha value is -2.37. The van der Waals surface area contributed by atoms with Gasteiger partial charge in [0.1, 0.15) is 13.2 Å². The van der Waals surface area contributed by atoms with Crippen molar-refractivity contribution in [2.75, 3.05) is 13.2 Å². The third-order valence-electron chi connectivity index (χ3n) is 16.1. The molecule has 0 radical (unpaired) electrons. The molecule has 0 aliphatic heterocycles. The van der Waals surface area contributed by atoms with Crippen LogP contribution in [0.1, 0.15) is 393 Å². The van der Waals surface area contributed by atoms with Gasteiger partial charge >= 0.3 is 17.9 Å². The maximum absolute atomic E-state index is 12.9. The van der Waals surface area contributed by atoms with Gasteiger partial charge in [0, 0.05) is 19.3 Å². The SMILES string of the molecule is CCCCC/C=C\CCCCCCCC(=O)OCC(COC(=O)CCCCCCCCCCCCCCCCC/C=C\C/C=C\CCCCCCC)OC(=O)CCCCCCCCCCCCCCCCCCCCCCCC. The molecule has 6 heteroatoms. The summed E-state index contributed by atoms with van der Waals surface area (Å²) in [5.41, 5.74) is 0. The molecule has 0 fully saturated rings. The second-order valence-electron chi connectivity index (χ2n) is 24.1. The number of carbonyl (C=O) groups excluding carboxylic acids is 3. The summed E-state index contributed by atoms with van der Waals surface area (Å²) in [7, 11) is 0. The van der Waals surface area contributed by atoms with Crippen molar-refractivity contribution in [1.29, 1.82) is 0 Å². The molecule has 0 heterocycles. The largest absolute Gasteiger partial charge is 0.462 e. The van der Waals surface area contributed by atoms with Crippen molar-refractivity contribution in [2.24, 2.45) is 0 Å². The van der Waals surface area contributed by atoms with Gasteiger partial charge in [-0.25, -0.2) is 0 Å². The highest BCUT2D eigenvalue weighted by atomic mass is 16.6. The van der Waals surface area contributed by atoms with E-state index in [1.165, 1.54) is 283 Å². The fraction of sp³-hybridized carbons (Fsp3) is 0.877. The van der Waals surface area contributed by atoms with E-state index in [1.54, 1.807) is 0 Å². The van der Waals surface area contributed by atoms with Gasteiger partial charge in [-0.3, -0.25) is 14.4 Å². The number of allylic oxidation sites excluding steroid dienone is 6. The lowest BCUT2D eigenvalue weighted by molar-refractivity contribution is -0.167. The van der Waals surface area contributed by atoms with Crippen LogP contribution in [-0.2, 0) is 28.6 Å². The first-order valence-electron chi connectivity index (χ1n) is 35.5. The smallest absolute Gasteiger partial charge is 0.306 e. The van der Waals surface area contributed by atoms with Crippen LogP contribution in [0.15, 0.2) is 36.5 Å². The van der Waals surface area contributed by atoms with Crippen LogP contribution in [0.4, 0.5) is 0 Å². The van der Waals surface area contributed by atoms with E-state index in [4.69, 9.17) is 14.2 Å². The summed E-state index contributed by atoms with van der Waals surface area (Å²) in [6, 6.07) is 0. The summed E-state index contributed by atoms with van der Waals surface area (Å²) >= 11 is 0. The molecule has 464 valence electrons. The average molecular weight is 1110 g/mol. The van der Waals surface area contributed by atoms with Crippen molar-refractivity contribution in [3.8, 4) is 0 Å². The van der Waals surface area contributed by atoms with Crippen molar-refractivity contribution < 1.29 is 28.6 Å². The van der Waals surface area contributed by atoms with Crippen molar-refractivity contribution >= 4 is 17.9 Å². The molecule has 0 amide bonds. The van der Waals surface area contributed by atoms with Gasteiger partial charge in [0.2, 0.25) is 0 Å². The molecule has 0 aromatic rings. The van der Waals surface area contributed by atoms with Gasteiger partial charge in [-0.15, -0.1) is 0 Å². The summed E-state index contributed by atoms with van der Waals surface area (Å²) in [4.78, 5) is 38.4. The first-order valence-corrected chi connectivity index (χ1v) is 35.5. The Morgan fingerprint density at radius 3 is 0.734 bits per heavy atom. The van der Waals surface area contributed by atoms with Gasteiger partial charge in [0.05, 0.1) is 0 Å². The van der Waals surface area contributed by atoms with E-state index >= 15 is 0 Å². The minimum atomic E-state index is -0.773. The zero-order valence-electron chi connectivity index (χ0n) is 53.4. The van der Waals surface area contributed by atoms with Crippen LogP contribution in [0.2, 0.25) is 0 Å². The number of hydrogen-bond acceptors (Lipinski definition) is 6. The fourth-order valence-corrected chi connectivity index (χ4v) is 10.8. The van der Waals surface area contributed by atoms with Gasteiger partial charge in [-0.1, -0.05) is 333 Å². The minimum Gasteiger partial charge on any atom is -0.462 e. The average Bonchev–Trinajstić information content (AvgIpc) is 3.45. The second kappa shape index (κ2) is 68.1. The van der Waals surface area contributed by atoms with E-state index in [0.29, 0.717) is 19.3 Å². The number of unbranched alkanes of at least 4 members (excludes halogenated alkanes) is 49. The molecule has 0 saturated carbocycles. The third kappa shape index (κ3) is 66.3. The molecule has 1 atom stereocenters. The van der Waals surface area contributed by atoms with E-state index in [-0.39, 0.29) is 31.1 Å². The molecule has 1 unspecified atom stereocenters. The molecule has 0 saturated heterocycles. The molecular formula is C73H136O6. The van der Waals surface area contributed by atoms with Gasteiger partial charge in [0.25, 0.3) is 0 Å². The third-order valence-corrected chi connectivity index (χ3v) is 16.1. The Kier molecular flexibility index (Phi) is 66.1. The van der Waals surface area contributed by atoms with Crippen LogP contribution in [0.5, 0.6) is 0 Å². The molecule has 0 aromatic heterocycles. The Morgan fingerprint density at radius 2 is 0.456 bits per heavy atom. The molecule has 0 aliphatic carbocycles. The van der Waals surface area contributed by atoms with Gasteiger partial charge in [-0.2, -0.15) is 0 Å². The topological polar surface area (TPSA) is 78.9 Å². The van der Waals surface area contributed by atoms with Crippen LogP contribution in [-0.4, -0.2) is 37.2 Å². The van der Waals surface area contributed by atoms with Gasteiger partial charge < -0.3 is 14.2 Å². The zero-order valence-corrected chi connectivity index (χ0v) is 53.4. The quantitative estimate of drug-likeness (QED) is 0.0261. The summed E-state index contributed by atoms with van der Waals surface area (Å²) in [5.74, 6) is -0.850. The summed E-state index contributed by atoms with van der Waals surface area (Å²) in [6.07, 6.45) is 84.7. The lowest BCUT2D eigenvalue weighted by Crippen LogP contribution is -2.30. The number of rotatable bonds is 66. The lowest BCUT2D eigenvalue weighted by atomic mass is 10.0. The highest BCUT2D eigenvalue weighted by Gasteiger charge is 2.19. The predicted molar refractivity (Wildman–Crippen MR) is 344 cm³/mol. The molecule has 0 aromatic carbocycles. The number of hydrogen-bond donors (Lipinski definition) is 0. The summed E-state index contributed by atoms with van der Waals surface area (Å²) in [5, 5.41) is 0. The Balaban J connectivity index is 4.19. The maximum atomic E-state index is 12.9. The normalized spacial score (nSPS) is 12.2. The van der Waals surface area contributed by atoms with Crippen LogP contribution in [0.3, 0.4) is 0 Å². The number of esters is 3. The minimum absolute atomic E-state index is 0.0695. The standard InChI is InChI=1S/C73H136O6/c1-4-7-10-13-16-19-22-25-27-29-31-33-35-36-37-38-39-41-42-44-46-48-51-54-57-60-63-66-72(75)78-69-70(68-77-71(74)65-62-59-56-53-50-24-21-18-15-12-9-6-3)79-73(76)67-64-61-58-55-52-49-47-45-43-40-34-32-30-28-26-23-20-17-14-11-8-5-2/h18,21-22,25,29,31,70H,4-17,19-20,23-24,26-28,30,32-69H2,1-3H3/b21-18-,25-22-,31-29-. The molecule has 79 heavy (non-hydrogen) atoms. The van der Waals surface area contributed by atoms with E-state index in [1.807, 2.05) is 0 Å². The highest BCUT2D eigenvalue weighted by Crippen LogP contribution is 2.18. The van der Waals surface area contributed by atoms with Crippen LogP contribution < -0.4 is 0 Å². The van der Waals surface area contributed by atoms with Crippen LogP contribution >= 0.6 is 0 Å². The number of carbonyl (C=O) groups is 3. The highest BCUT2D eigenvalue weighted by molar-refractivity contribution is 5.71. The fourth-order valence-electron chi connectivity index (χ4n) is 10.8. The van der Waals surface area contributed by atoms with Crippen LogP contribution in [0, 0.1) is 0 Å². The number of ether oxygens (including phenoxy) is 3. The molecule has 0 rings (SSSR count). The first-order chi connectivity index (χ1) is 39.0. The lowest BCUT2D eigenvalue weighted by Gasteiger charge is -2.18. The van der Waals surface area contributed by atoms with Gasteiger partial charge in [0.15, 0.2) is 6.10 Å². The molecule has 0 spiro atoms. The zero-order chi connectivity index (χ0) is 57.1. The summed E-state index contributed by atoms with van der Waals surface area (Å²) < 4.78 is 17.0. The summed E-state index contributed by atoms with van der Waals surface area (Å²) in [6.45, 7) is 6.67. The van der Waals surface area contributed by atoms with Crippen molar-refractivity contribution in [3.05, 3.63) is 36.5 Å². The molecule has 6 nitrogen and oxygen atoms in total. The van der Waals surface area contributed by atoms with Crippen molar-refractivity contribution in [1.82, 2.24) is 0 Å². The first kappa shape index (κ1) is 76.6. The monoisotopic (exact) mass is 1110 g/mol. The van der Waals surface area contributed by atoms with Gasteiger partial charge in [-0.05, 0) is 77.0 Å². The molecule has 0 aliphatic rings. The Labute approximate surface area is 493 Å². The van der Waals surface area contributed by atoms with Crippen LogP contribution in [0.25, 0.3) is 0 Å². The maximum Gasteiger partial charge on any atom is 0.306 e. The van der Waals surface area contributed by atoms with E-state index < -0.39 is 6.10 Å². The van der Waals surface area contributed by atoms with E-state index in [0.717, 1.165) is 70.6 Å². The van der Waals surface area contributed by atoms with E-state index in [2.05, 4.69) is 57.2 Å². The van der Waals surface area contributed by atoms with E-state index in [9.17, 15) is 14.4 Å².